The Morgan fingerprint density at radius 1 is 1.05 bits per heavy atom. The molecular formula is C20H33NO. The quantitative estimate of drug-likeness (QED) is 0.641. The molecule has 1 aromatic rings. The van der Waals surface area contributed by atoms with Crippen LogP contribution in [0.3, 0.4) is 0 Å². The first kappa shape index (κ1) is 17.3. The van der Waals surface area contributed by atoms with Crippen LogP contribution in [0.4, 0.5) is 0 Å². The second-order valence-corrected chi connectivity index (χ2v) is 7.16. The minimum Gasteiger partial charge on any atom is -0.494 e. The lowest BCUT2D eigenvalue weighted by Crippen LogP contribution is -2.39. The Kier molecular flexibility index (Phi) is 7.24. The van der Waals surface area contributed by atoms with Gasteiger partial charge >= 0.3 is 0 Å². The largest absolute Gasteiger partial charge is 0.494 e. The average Bonchev–Trinajstić information content (AvgIpc) is 2.50. The van der Waals surface area contributed by atoms with Crippen LogP contribution in [0.1, 0.15) is 52.0 Å². The lowest BCUT2D eigenvalue weighted by atomic mass is 9.92. The molecule has 0 amide bonds. The standard InChI is InChI=1S/C20H33NO/c1-4-5-7-19-8-10-20(11-9-19)22-13-6-12-21-15-17(2)14-18(3)16-21/h8-11,17-18H,4-7,12-16H2,1-3H3/t17-,18+. The van der Waals surface area contributed by atoms with E-state index in [9.17, 15) is 0 Å². The normalized spacial score (nSPS) is 22.7. The van der Waals surface area contributed by atoms with Crippen molar-refractivity contribution < 1.29 is 4.74 Å². The number of hydrogen-bond acceptors (Lipinski definition) is 2. The van der Waals surface area contributed by atoms with Gasteiger partial charge in [0.15, 0.2) is 0 Å². The topological polar surface area (TPSA) is 12.5 Å². The van der Waals surface area contributed by atoms with Crippen LogP contribution in [0.5, 0.6) is 5.75 Å². The molecule has 1 aliphatic heterocycles. The molecule has 1 saturated heterocycles. The van der Waals surface area contributed by atoms with Gasteiger partial charge in [0.1, 0.15) is 5.75 Å². The Morgan fingerprint density at radius 2 is 1.73 bits per heavy atom. The van der Waals surface area contributed by atoms with Crippen LogP contribution in [0.25, 0.3) is 0 Å². The van der Waals surface area contributed by atoms with Gasteiger partial charge in [-0.25, -0.2) is 0 Å². The average molecular weight is 303 g/mol. The van der Waals surface area contributed by atoms with E-state index in [1.165, 1.54) is 50.9 Å². The number of likely N-dealkylation sites (tertiary alicyclic amines) is 1. The number of ether oxygens (including phenoxy) is 1. The second kappa shape index (κ2) is 9.19. The van der Waals surface area contributed by atoms with Crippen molar-refractivity contribution in [3.8, 4) is 5.75 Å². The molecule has 1 fully saturated rings. The minimum absolute atomic E-state index is 0.827. The van der Waals surface area contributed by atoms with Crippen LogP contribution in [0.15, 0.2) is 24.3 Å². The molecule has 2 rings (SSSR count). The lowest BCUT2D eigenvalue weighted by molar-refractivity contribution is 0.132. The van der Waals surface area contributed by atoms with Gasteiger partial charge in [-0.3, -0.25) is 0 Å². The van der Waals surface area contributed by atoms with Crippen molar-refractivity contribution in [3.63, 3.8) is 0 Å². The number of rotatable bonds is 8. The van der Waals surface area contributed by atoms with E-state index in [4.69, 9.17) is 4.74 Å². The fraction of sp³-hybridized carbons (Fsp3) is 0.700. The van der Waals surface area contributed by atoms with Crippen LogP contribution >= 0.6 is 0 Å². The van der Waals surface area contributed by atoms with Crippen molar-refractivity contribution in [2.24, 2.45) is 11.8 Å². The molecule has 1 aliphatic rings. The van der Waals surface area contributed by atoms with Crippen LogP contribution < -0.4 is 4.74 Å². The molecule has 2 nitrogen and oxygen atoms in total. The summed E-state index contributed by atoms with van der Waals surface area (Å²) < 4.78 is 5.88. The first-order chi connectivity index (χ1) is 10.7. The molecule has 0 aliphatic carbocycles. The molecule has 0 aromatic heterocycles. The van der Waals surface area contributed by atoms with Crippen LogP contribution in [0.2, 0.25) is 0 Å². The van der Waals surface area contributed by atoms with Gasteiger partial charge < -0.3 is 9.64 Å². The summed E-state index contributed by atoms with van der Waals surface area (Å²) in [4.78, 5) is 2.61. The summed E-state index contributed by atoms with van der Waals surface area (Å²) in [6, 6.07) is 8.66. The lowest BCUT2D eigenvalue weighted by Gasteiger charge is -2.34. The molecule has 0 saturated carbocycles. The number of unbranched alkanes of at least 4 members (excludes halogenated alkanes) is 1. The predicted octanol–water partition coefficient (Wildman–Crippen LogP) is 4.78. The van der Waals surface area contributed by atoms with Gasteiger partial charge in [-0.05, 0) is 55.2 Å². The highest BCUT2D eigenvalue weighted by Gasteiger charge is 2.20. The second-order valence-electron chi connectivity index (χ2n) is 7.16. The molecule has 0 spiro atoms. The Bertz CT molecular complexity index is 404. The molecule has 22 heavy (non-hydrogen) atoms. The van der Waals surface area contributed by atoms with E-state index < -0.39 is 0 Å². The van der Waals surface area contributed by atoms with Gasteiger partial charge in [0.25, 0.3) is 0 Å². The Labute approximate surface area is 136 Å². The van der Waals surface area contributed by atoms with Gasteiger partial charge in [0.2, 0.25) is 0 Å². The van der Waals surface area contributed by atoms with Crippen LogP contribution in [0, 0.1) is 11.8 Å². The van der Waals surface area contributed by atoms with E-state index in [-0.39, 0.29) is 0 Å². The smallest absolute Gasteiger partial charge is 0.119 e. The zero-order valence-corrected chi connectivity index (χ0v) is 14.7. The van der Waals surface area contributed by atoms with E-state index in [2.05, 4.69) is 49.9 Å². The maximum atomic E-state index is 5.88. The van der Waals surface area contributed by atoms with Gasteiger partial charge in [0, 0.05) is 19.6 Å². The number of piperidine rings is 1. The summed E-state index contributed by atoms with van der Waals surface area (Å²) in [5.74, 6) is 2.71. The van der Waals surface area contributed by atoms with Crippen molar-refractivity contribution in [2.75, 3.05) is 26.2 Å². The van der Waals surface area contributed by atoms with Gasteiger partial charge in [-0.1, -0.05) is 39.3 Å². The van der Waals surface area contributed by atoms with Crippen molar-refractivity contribution in [2.45, 2.75) is 52.9 Å². The van der Waals surface area contributed by atoms with E-state index in [0.29, 0.717) is 0 Å². The third kappa shape index (κ3) is 6.00. The zero-order chi connectivity index (χ0) is 15.8. The first-order valence-corrected chi connectivity index (χ1v) is 9.11. The Hall–Kier alpha value is -1.02. The first-order valence-electron chi connectivity index (χ1n) is 9.11. The van der Waals surface area contributed by atoms with Crippen molar-refractivity contribution in [3.05, 3.63) is 29.8 Å². The predicted molar refractivity (Wildman–Crippen MR) is 94.6 cm³/mol. The summed E-state index contributed by atoms with van der Waals surface area (Å²) in [5, 5.41) is 0. The zero-order valence-electron chi connectivity index (χ0n) is 14.7. The molecule has 0 bridgehead atoms. The molecule has 0 radical (unpaired) electrons. The Balaban J connectivity index is 1.64. The maximum Gasteiger partial charge on any atom is 0.119 e. The molecule has 0 unspecified atom stereocenters. The van der Waals surface area contributed by atoms with Crippen molar-refractivity contribution in [1.82, 2.24) is 4.90 Å². The highest BCUT2D eigenvalue weighted by Crippen LogP contribution is 2.21. The van der Waals surface area contributed by atoms with E-state index in [0.717, 1.165) is 30.6 Å². The Morgan fingerprint density at radius 3 is 2.36 bits per heavy atom. The summed E-state index contributed by atoms with van der Waals surface area (Å²) >= 11 is 0. The van der Waals surface area contributed by atoms with E-state index in [1.54, 1.807) is 0 Å². The van der Waals surface area contributed by atoms with Crippen molar-refractivity contribution >= 4 is 0 Å². The van der Waals surface area contributed by atoms with E-state index in [1.807, 2.05) is 0 Å². The molecule has 1 heterocycles. The van der Waals surface area contributed by atoms with E-state index >= 15 is 0 Å². The monoisotopic (exact) mass is 303 g/mol. The van der Waals surface area contributed by atoms with Gasteiger partial charge in [-0.15, -0.1) is 0 Å². The SMILES string of the molecule is CCCCc1ccc(OCCCN2C[C@H](C)C[C@H](C)C2)cc1. The minimum atomic E-state index is 0.827. The maximum absolute atomic E-state index is 5.88. The number of nitrogens with zero attached hydrogens (tertiary/aromatic N) is 1. The van der Waals surface area contributed by atoms with Gasteiger partial charge in [0.05, 0.1) is 6.61 Å². The third-order valence-electron chi connectivity index (χ3n) is 4.57. The highest BCUT2D eigenvalue weighted by atomic mass is 16.5. The fourth-order valence-electron chi connectivity index (χ4n) is 3.59. The molecule has 124 valence electrons. The number of hydrogen-bond donors (Lipinski definition) is 0. The number of benzene rings is 1. The van der Waals surface area contributed by atoms with Crippen molar-refractivity contribution in [1.29, 1.82) is 0 Å². The molecular weight excluding hydrogens is 270 g/mol. The molecule has 2 atom stereocenters. The van der Waals surface area contributed by atoms with Crippen LogP contribution in [-0.4, -0.2) is 31.1 Å². The summed E-state index contributed by atoms with van der Waals surface area (Å²) in [6.45, 7) is 11.5. The third-order valence-corrected chi connectivity index (χ3v) is 4.57. The molecule has 1 aromatic carbocycles. The highest BCUT2D eigenvalue weighted by molar-refractivity contribution is 5.27. The summed E-state index contributed by atoms with van der Waals surface area (Å²) in [7, 11) is 0. The molecule has 2 heteroatoms. The number of aryl methyl sites for hydroxylation is 1. The molecule has 0 N–H and O–H groups in total. The van der Waals surface area contributed by atoms with Gasteiger partial charge in [-0.2, -0.15) is 0 Å². The summed E-state index contributed by atoms with van der Waals surface area (Å²) in [5.41, 5.74) is 1.42. The fourth-order valence-corrected chi connectivity index (χ4v) is 3.59. The van der Waals surface area contributed by atoms with Crippen LogP contribution in [-0.2, 0) is 6.42 Å². The summed E-state index contributed by atoms with van der Waals surface area (Å²) in [6.07, 6.45) is 6.22.